The summed E-state index contributed by atoms with van der Waals surface area (Å²) in [6, 6.07) is -25.8. The molecule has 0 aliphatic heterocycles. The van der Waals surface area contributed by atoms with E-state index in [1.165, 1.54) is 0 Å². The highest BCUT2D eigenvalue weighted by atomic mass is 16.3. The van der Waals surface area contributed by atoms with E-state index in [9.17, 15) is 12.3 Å². The molecule has 228 valence electrons. The fourth-order valence-corrected chi connectivity index (χ4v) is 5.82. The minimum Gasteiger partial charge on any atom is -0.456 e. The maximum atomic E-state index is 9.83. The molecule has 0 saturated heterocycles. The van der Waals surface area contributed by atoms with E-state index < -0.39 is 274 Å². The van der Waals surface area contributed by atoms with E-state index in [1.54, 1.807) is 0 Å². The summed E-state index contributed by atoms with van der Waals surface area (Å²) in [5, 5.41) is -5.36. The summed E-state index contributed by atoms with van der Waals surface area (Å²) in [6.07, 6.45) is 0. The molecule has 9 aromatic carbocycles. The number of furan rings is 1. The summed E-state index contributed by atoms with van der Waals surface area (Å²) >= 11 is 0. The Morgan fingerprint density at radius 1 is 0.347 bits per heavy atom. The van der Waals surface area contributed by atoms with E-state index in [0.29, 0.717) is 0 Å². The lowest BCUT2D eigenvalue weighted by Gasteiger charge is -2.18. The van der Waals surface area contributed by atoms with Gasteiger partial charge in [-0.05, 0) is 107 Å². The molecular formula is C48H30O. The first-order valence-corrected chi connectivity index (χ1v) is 14.5. The van der Waals surface area contributed by atoms with Crippen molar-refractivity contribution in [2.45, 2.75) is 0 Å². The zero-order valence-electron chi connectivity index (χ0n) is 53.5. The highest BCUT2D eigenvalue weighted by molar-refractivity contribution is 6.25. The van der Waals surface area contributed by atoms with Crippen molar-refractivity contribution in [1.82, 2.24) is 0 Å². The summed E-state index contributed by atoms with van der Waals surface area (Å²) in [4.78, 5) is 0. The third-order valence-corrected chi connectivity index (χ3v) is 7.89. The Kier molecular flexibility index (Phi) is 2.56. The van der Waals surface area contributed by atoms with Crippen molar-refractivity contribution in [1.29, 1.82) is 0 Å². The maximum absolute atomic E-state index is 9.83. The second-order valence-corrected chi connectivity index (χ2v) is 10.6. The van der Waals surface area contributed by atoms with Crippen LogP contribution in [0.25, 0.3) is 98.8 Å². The van der Waals surface area contributed by atoms with Crippen LogP contribution in [0.4, 0.5) is 0 Å². The van der Waals surface area contributed by atoms with Gasteiger partial charge in [0.1, 0.15) is 11.2 Å². The summed E-state index contributed by atoms with van der Waals surface area (Å²) in [6.45, 7) is 0. The predicted octanol–water partition coefficient (Wildman–Crippen LogP) is 13.7. The molecule has 0 atom stereocenters. The normalized spacial score (nSPS) is 20.0. The van der Waals surface area contributed by atoms with Gasteiger partial charge in [-0.3, -0.25) is 0 Å². The molecular weight excluding hydrogens is 593 g/mol. The molecule has 0 unspecified atom stereocenters. The zero-order valence-corrected chi connectivity index (χ0v) is 24.5. The van der Waals surface area contributed by atoms with Crippen LogP contribution >= 0.6 is 0 Å². The van der Waals surface area contributed by atoms with Crippen LogP contribution in [0, 0.1) is 0 Å². The first kappa shape index (κ1) is 11.3. The average Bonchev–Trinajstić information content (AvgIpc) is 3.11. The van der Waals surface area contributed by atoms with Gasteiger partial charge in [0.2, 0.25) is 0 Å². The van der Waals surface area contributed by atoms with E-state index in [1.807, 2.05) is 0 Å². The number of hydrogen-bond donors (Lipinski definition) is 0. The fraction of sp³-hybridized carbons (Fsp3) is 0. The zero-order chi connectivity index (χ0) is 57.5. The number of hydrogen-bond acceptors (Lipinski definition) is 1. The molecule has 49 heavy (non-hydrogen) atoms. The number of fused-ring (bicyclic) bond motifs is 6. The molecule has 0 fully saturated rings. The van der Waals surface area contributed by atoms with Crippen molar-refractivity contribution < 1.29 is 44.2 Å². The summed E-state index contributed by atoms with van der Waals surface area (Å²) in [5.41, 5.74) is -7.20. The summed E-state index contributed by atoms with van der Waals surface area (Å²) in [5.74, 6) is 0. The van der Waals surface area contributed by atoms with Gasteiger partial charge in [0.05, 0.1) is 39.8 Å². The molecule has 10 rings (SSSR count). The smallest absolute Gasteiger partial charge is 0.136 e. The highest BCUT2D eigenvalue weighted by Gasteiger charge is 2.20. The molecule has 0 bridgehead atoms. The van der Waals surface area contributed by atoms with E-state index in [-0.39, 0.29) is 0 Å². The van der Waals surface area contributed by atoms with Gasteiger partial charge in [-0.15, -0.1) is 0 Å². The van der Waals surface area contributed by atoms with E-state index in [0.717, 1.165) is 6.07 Å². The van der Waals surface area contributed by atoms with E-state index in [2.05, 4.69) is 0 Å². The van der Waals surface area contributed by atoms with Gasteiger partial charge in [0, 0.05) is 10.8 Å². The molecule has 1 aromatic heterocycles. The van der Waals surface area contributed by atoms with Gasteiger partial charge < -0.3 is 4.42 Å². The molecule has 1 nitrogen and oxygen atoms in total. The standard InChI is InChI=1S/C48H30O/c1-2-12-31(13-3-1)36-26-27-44-43(30-36)48-42(22-11-23-45(48)49-44)47-40-20-8-6-18-38(40)46(39-19-7-9-21-41(39)47)37-17-10-16-34(29-37)35-25-24-32-14-4-5-15-33(32)28-35/h1-30H/i1D,2D,3D,4D,5D,6D,7D,8D,9D,10D,11D,12D,13D,14D,15D,17D,18D,19D,20D,21D,22D,23D,24D,25D,26D,27D,28D,29D,30D. The molecule has 10 aromatic rings. The fourth-order valence-electron chi connectivity index (χ4n) is 5.82. The topological polar surface area (TPSA) is 13.1 Å². The summed E-state index contributed by atoms with van der Waals surface area (Å²) < 4.78 is 267. The van der Waals surface area contributed by atoms with E-state index in [4.69, 9.17) is 31.8 Å². The average molecular weight is 652 g/mol. The van der Waals surface area contributed by atoms with E-state index >= 15 is 0 Å². The first-order chi connectivity index (χ1) is 36.4. The minimum atomic E-state index is -1.02. The van der Waals surface area contributed by atoms with Gasteiger partial charge in [0.25, 0.3) is 0 Å². The Bertz CT molecular complexity index is 4430. The van der Waals surface area contributed by atoms with Crippen LogP contribution in [0.1, 0.15) is 39.8 Å². The molecule has 0 saturated carbocycles. The molecule has 1 heteroatoms. The highest BCUT2D eigenvalue weighted by Crippen LogP contribution is 2.47. The molecule has 1 heterocycles. The molecule has 0 radical (unpaired) electrons. The lowest BCUT2D eigenvalue weighted by atomic mass is 9.84. The quantitative estimate of drug-likeness (QED) is 0.173. The van der Waals surface area contributed by atoms with Crippen molar-refractivity contribution >= 4 is 54.3 Å². The number of rotatable bonds is 4. The van der Waals surface area contributed by atoms with Crippen LogP contribution in [-0.2, 0) is 0 Å². The van der Waals surface area contributed by atoms with Gasteiger partial charge in [0.15, 0.2) is 0 Å². The second-order valence-electron chi connectivity index (χ2n) is 10.6. The van der Waals surface area contributed by atoms with Gasteiger partial charge in [-0.2, -0.15) is 0 Å². The van der Waals surface area contributed by atoms with Crippen LogP contribution in [0.5, 0.6) is 0 Å². The van der Waals surface area contributed by atoms with Crippen LogP contribution in [-0.4, -0.2) is 0 Å². The molecule has 0 N–H and O–H groups in total. The van der Waals surface area contributed by atoms with Crippen molar-refractivity contribution in [3.05, 3.63) is 181 Å². The lowest BCUT2D eigenvalue weighted by Crippen LogP contribution is -1.91. The van der Waals surface area contributed by atoms with Crippen LogP contribution in [0.15, 0.2) is 186 Å². The second kappa shape index (κ2) is 11.1. The lowest BCUT2D eigenvalue weighted by molar-refractivity contribution is 0.669. The third-order valence-electron chi connectivity index (χ3n) is 7.89. The monoisotopic (exact) mass is 651 g/mol. The minimum absolute atomic E-state index is 0.529. The van der Waals surface area contributed by atoms with Crippen LogP contribution < -0.4 is 0 Å². The largest absolute Gasteiger partial charge is 0.456 e. The van der Waals surface area contributed by atoms with Crippen LogP contribution in [0.3, 0.4) is 0 Å². The van der Waals surface area contributed by atoms with Crippen molar-refractivity contribution in [2.24, 2.45) is 0 Å². The predicted molar refractivity (Wildman–Crippen MR) is 208 cm³/mol. The van der Waals surface area contributed by atoms with Gasteiger partial charge >= 0.3 is 0 Å². The Hall–Kier alpha value is -6.44. The Morgan fingerprint density at radius 3 is 1.76 bits per heavy atom. The molecule has 0 aliphatic rings. The first-order valence-electron chi connectivity index (χ1n) is 29.0. The van der Waals surface area contributed by atoms with Gasteiger partial charge in [-0.25, -0.2) is 0 Å². The van der Waals surface area contributed by atoms with Crippen LogP contribution in [0.2, 0.25) is 0 Å². The SMILES string of the molecule is [2H]c1cc(-c2c([2H])c([2H])c3c([2H])c([2H])c([2H])c([2H])c3c2[2H])c([2H])c(-c2c3c([2H])c([2H])c([2H])c([2H])c3c(-c3c([2H])c([2H])c([2H])c4oc5c([2H])c([2H])c(-c6c([2H])c([2H])c([2H])c([2H])c6[2H])c([2H])c5c34)c3c([2H])c([2H])c([2H])c([2H])c23)c1[2H]. The maximum Gasteiger partial charge on any atom is 0.136 e. The third kappa shape index (κ3) is 4.47. The van der Waals surface area contributed by atoms with Crippen molar-refractivity contribution in [3.63, 3.8) is 0 Å². The van der Waals surface area contributed by atoms with Crippen molar-refractivity contribution in [2.75, 3.05) is 0 Å². The van der Waals surface area contributed by atoms with Crippen molar-refractivity contribution in [3.8, 4) is 44.5 Å². The number of benzene rings is 9. The Balaban J connectivity index is 1.49. The molecule has 0 spiro atoms. The summed E-state index contributed by atoms with van der Waals surface area (Å²) in [7, 11) is 0. The Labute approximate surface area is 325 Å². The molecule has 0 amide bonds. The Morgan fingerprint density at radius 2 is 0.980 bits per heavy atom. The van der Waals surface area contributed by atoms with Gasteiger partial charge in [-0.1, -0.05) is 151 Å². The molecule has 0 aliphatic carbocycles.